The maximum absolute atomic E-state index is 12.2. The van der Waals surface area contributed by atoms with E-state index in [1.165, 1.54) is 18.5 Å². The minimum absolute atomic E-state index is 0.00519. The van der Waals surface area contributed by atoms with Crippen molar-refractivity contribution in [3.05, 3.63) is 24.0 Å². The number of aromatic amines is 1. The molecule has 2 rings (SSSR count). The highest BCUT2D eigenvalue weighted by molar-refractivity contribution is 8.00. The van der Waals surface area contributed by atoms with Crippen LogP contribution >= 0.6 is 11.8 Å². The Hall–Kier alpha value is -1.50. The number of thioether (sulfide) groups is 1. The Labute approximate surface area is 92.1 Å². The lowest BCUT2D eigenvalue weighted by molar-refractivity contribution is -0.0327. The molecular formula is C9H5F3N2OS. The molecule has 0 aliphatic rings. The third-order valence-electron chi connectivity index (χ3n) is 1.93. The quantitative estimate of drug-likeness (QED) is 0.654. The van der Waals surface area contributed by atoms with Crippen molar-refractivity contribution in [1.82, 2.24) is 9.97 Å². The molecular weight excluding hydrogens is 241 g/mol. The minimum atomic E-state index is -4.36. The molecule has 0 amide bonds. The van der Waals surface area contributed by atoms with Gasteiger partial charge >= 0.3 is 5.51 Å². The zero-order valence-corrected chi connectivity index (χ0v) is 8.52. The van der Waals surface area contributed by atoms with Crippen molar-refractivity contribution in [1.29, 1.82) is 0 Å². The lowest BCUT2D eigenvalue weighted by Gasteiger charge is -2.06. The molecule has 0 aliphatic heterocycles. The van der Waals surface area contributed by atoms with Gasteiger partial charge in [-0.1, -0.05) is 0 Å². The molecule has 0 atom stereocenters. The van der Waals surface area contributed by atoms with Gasteiger partial charge in [0.25, 0.3) is 0 Å². The highest BCUT2D eigenvalue weighted by atomic mass is 32.2. The van der Waals surface area contributed by atoms with Gasteiger partial charge in [0.05, 0.1) is 17.4 Å². The number of carbonyl (C=O) groups excluding carboxylic acids is 1. The van der Waals surface area contributed by atoms with Crippen LogP contribution in [0.25, 0.3) is 11.0 Å². The second-order valence-corrected chi connectivity index (χ2v) is 4.05. The fourth-order valence-corrected chi connectivity index (χ4v) is 1.98. The van der Waals surface area contributed by atoms with E-state index in [1.54, 1.807) is 0 Å². The van der Waals surface area contributed by atoms with Crippen LogP contribution in [-0.4, -0.2) is 21.8 Å². The lowest BCUT2D eigenvalue weighted by Crippen LogP contribution is -1.99. The number of nitrogens with one attached hydrogen (secondary N) is 1. The van der Waals surface area contributed by atoms with Gasteiger partial charge in [0.15, 0.2) is 6.29 Å². The molecule has 0 radical (unpaired) electrons. The predicted octanol–water partition coefficient (Wildman–Crippen LogP) is 2.99. The summed E-state index contributed by atoms with van der Waals surface area (Å²) in [6.45, 7) is 0. The van der Waals surface area contributed by atoms with E-state index in [0.717, 1.165) is 0 Å². The number of H-pyrrole nitrogens is 1. The summed E-state index contributed by atoms with van der Waals surface area (Å²) in [5.41, 5.74) is -3.61. The van der Waals surface area contributed by atoms with Gasteiger partial charge in [0, 0.05) is 10.5 Å². The van der Waals surface area contributed by atoms with Gasteiger partial charge in [-0.25, -0.2) is 4.98 Å². The van der Waals surface area contributed by atoms with Crippen molar-refractivity contribution in [3.63, 3.8) is 0 Å². The third kappa shape index (κ3) is 2.04. The molecule has 0 saturated carbocycles. The first-order valence-corrected chi connectivity index (χ1v) is 5.00. The molecule has 7 heteroatoms. The van der Waals surface area contributed by atoms with Crippen LogP contribution in [0.1, 0.15) is 10.4 Å². The average Bonchev–Trinajstić information content (AvgIpc) is 2.65. The van der Waals surface area contributed by atoms with E-state index in [9.17, 15) is 18.0 Å². The van der Waals surface area contributed by atoms with E-state index in [0.29, 0.717) is 6.29 Å². The van der Waals surface area contributed by atoms with Crippen LogP contribution in [0.5, 0.6) is 0 Å². The summed E-state index contributed by atoms with van der Waals surface area (Å²) in [6, 6.07) is 2.58. The van der Waals surface area contributed by atoms with Gasteiger partial charge in [-0.2, -0.15) is 13.2 Å². The summed E-state index contributed by atoms with van der Waals surface area (Å²) in [7, 11) is 0. The average molecular weight is 246 g/mol. The molecule has 84 valence electrons. The van der Waals surface area contributed by atoms with E-state index in [-0.39, 0.29) is 33.3 Å². The first-order valence-electron chi connectivity index (χ1n) is 4.18. The smallest absolute Gasteiger partial charge is 0.344 e. The van der Waals surface area contributed by atoms with Crippen LogP contribution in [0.15, 0.2) is 23.4 Å². The summed E-state index contributed by atoms with van der Waals surface area (Å²) < 4.78 is 36.7. The largest absolute Gasteiger partial charge is 0.446 e. The number of rotatable bonds is 2. The first kappa shape index (κ1) is 11.0. The number of imidazole rings is 1. The zero-order valence-electron chi connectivity index (χ0n) is 7.71. The molecule has 1 heterocycles. The van der Waals surface area contributed by atoms with Crippen molar-refractivity contribution >= 4 is 29.1 Å². The second-order valence-electron chi connectivity index (χ2n) is 2.94. The molecule has 0 saturated heterocycles. The molecule has 3 nitrogen and oxygen atoms in total. The number of hydrogen-bond acceptors (Lipinski definition) is 3. The van der Waals surface area contributed by atoms with Gasteiger partial charge in [-0.15, -0.1) is 0 Å². The lowest BCUT2D eigenvalue weighted by atomic mass is 10.2. The highest BCUT2D eigenvalue weighted by Crippen LogP contribution is 2.39. The van der Waals surface area contributed by atoms with E-state index in [2.05, 4.69) is 9.97 Å². The molecule has 2 aromatic rings. The minimum Gasteiger partial charge on any atom is -0.344 e. The molecule has 0 fully saturated rings. The Bertz CT molecular complexity index is 535. The van der Waals surface area contributed by atoms with Crippen LogP contribution < -0.4 is 0 Å². The van der Waals surface area contributed by atoms with Crippen molar-refractivity contribution < 1.29 is 18.0 Å². The molecule has 0 bridgehead atoms. The van der Waals surface area contributed by atoms with E-state index < -0.39 is 5.51 Å². The van der Waals surface area contributed by atoms with Crippen LogP contribution in [0.4, 0.5) is 13.2 Å². The van der Waals surface area contributed by atoms with Gasteiger partial charge in [0.2, 0.25) is 0 Å². The van der Waals surface area contributed by atoms with E-state index in [4.69, 9.17) is 0 Å². The molecule has 1 N–H and O–H groups in total. The summed E-state index contributed by atoms with van der Waals surface area (Å²) in [5, 5.41) is 0. The topological polar surface area (TPSA) is 45.8 Å². The van der Waals surface area contributed by atoms with Gasteiger partial charge < -0.3 is 4.98 Å². The van der Waals surface area contributed by atoms with Gasteiger partial charge in [0.1, 0.15) is 0 Å². The van der Waals surface area contributed by atoms with Gasteiger partial charge in [-0.3, -0.25) is 4.79 Å². The number of aldehydes is 1. The monoisotopic (exact) mass is 246 g/mol. The van der Waals surface area contributed by atoms with Crippen LogP contribution in [-0.2, 0) is 0 Å². The molecule has 0 aliphatic carbocycles. The van der Waals surface area contributed by atoms with E-state index in [1.807, 2.05) is 0 Å². The Morgan fingerprint density at radius 1 is 1.38 bits per heavy atom. The van der Waals surface area contributed by atoms with Gasteiger partial charge in [-0.05, 0) is 23.9 Å². The van der Waals surface area contributed by atoms with Crippen molar-refractivity contribution in [3.8, 4) is 0 Å². The van der Waals surface area contributed by atoms with Crippen molar-refractivity contribution in [2.24, 2.45) is 0 Å². The second kappa shape index (κ2) is 3.82. The van der Waals surface area contributed by atoms with Crippen LogP contribution in [0, 0.1) is 0 Å². The fraction of sp³-hybridized carbons (Fsp3) is 0.111. The number of alkyl halides is 3. The normalized spacial score (nSPS) is 11.9. The maximum atomic E-state index is 12.2. The summed E-state index contributed by atoms with van der Waals surface area (Å²) in [4.78, 5) is 17.0. The number of fused-ring (bicyclic) bond motifs is 1. The summed E-state index contributed by atoms with van der Waals surface area (Å²) in [6.07, 6.45) is 1.82. The first-order chi connectivity index (χ1) is 7.51. The molecule has 16 heavy (non-hydrogen) atoms. The standard InChI is InChI=1S/C9H5F3N2OS/c10-9(11,12)16-6-2-1-5(3-15)7-8(6)14-4-13-7/h1-4H,(H,13,14). The third-order valence-corrected chi connectivity index (χ3v) is 2.72. The zero-order chi connectivity index (χ0) is 11.8. The summed E-state index contributed by atoms with van der Waals surface area (Å²) in [5.74, 6) is 0. The number of carbonyl (C=O) groups is 1. The number of nitrogens with zero attached hydrogens (tertiary/aromatic N) is 1. The Kier molecular flexibility index (Phi) is 2.63. The Balaban J connectivity index is 2.56. The maximum Gasteiger partial charge on any atom is 0.446 e. The van der Waals surface area contributed by atoms with Crippen molar-refractivity contribution in [2.75, 3.05) is 0 Å². The molecule has 1 aromatic carbocycles. The van der Waals surface area contributed by atoms with E-state index >= 15 is 0 Å². The van der Waals surface area contributed by atoms with Crippen LogP contribution in [0.3, 0.4) is 0 Å². The molecule has 0 spiro atoms. The summed E-state index contributed by atoms with van der Waals surface area (Å²) >= 11 is -0.233. The number of benzene rings is 1. The SMILES string of the molecule is O=Cc1ccc(SC(F)(F)F)c2[nH]cnc12. The number of aromatic nitrogens is 2. The number of hydrogen-bond donors (Lipinski definition) is 1. The fourth-order valence-electron chi connectivity index (χ4n) is 1.33. The number of halogens is 3. The predicted molar refractivity (Wildman–Crippen MR) is 53.4 cm³/mol. The van der Waals surface area contributed by atoms with Crippen LogP contribution in [0.2, 0.25) is 0 Å². The Morgan fingerprint density at radius 2 is 2.12 bits per heavy atom. The Morgan fingerprint density at radius 3 is 2.75 bits per heavy atom. The molecule has 1 aromatic heterocycles. The molecule has 0 unspecified atom stereocenters. The highest BCUT2D eigenvalue weighted by Gasteiger charge is 2.30. The van der Waals surface area contributed by atoms with Crippen molar-refractivity contribution in [2.45, 2.75) is 10.4 Å².